The van der Waals surface area contributed by atoms with Gasteiger partial charge in [0.05, 0.1) is 29.6 Å². The average Bonchev–Trinajstić information content (AvgIpc) is 2.91. The van der Waals surface area contributed by atoms with Crippen molar-refractivity contribution in [3.8, 4) is 0 Å². The summed E-state index contributed by atoms with van der Waals surface area (Å²) in [7, 11) is 1.92. The van der Waals surface area contributed by atoms with Crippen LogP contribution >= 0.6 is 11.8 Å². The van der Waals surface area contributed by atoms with E-state index in [9.17, 15) is 4.79 Å². The Morgan fingerprint density at radius 1 is 1.38 bits per heavy atom. The Bertz CT molecular complexity index is 660. The number of thioether (sulfide) groups is 1. The first-order valence-electron chi connectivity index (χ1n) is 6.76. The van der Waals surface area contributed by atoms with Crippen LogP contribution in [0, 0.1) is 13.8 Å². The van der Waals surface area contributed by atoms with Gasteiger partial charge < -0.3 is 4.74 Å². The fourth-order valence-corrected chi connectivity index (χ4v) is 3.07. The maximum Gasteiger partial charge on any atom is 0.356 e. The number of hydrogen-bond acceptors (Lipinski definition) is 5. The molecule has 2 rings (SSSR count). The topological polar surface area (TPSA) is 61.9 Å². The lowest BCUT2D eigenvalue weighted by atomic mass is 10.2. The van der Waals surface area contributed by atoms with Crippen molar-refractivity contribution in [2.24, 2.45) is 7.05 Å². The molecule has 0 fully saturated rings. The van der Waals surface area contributed by atoms with E-state index in [-0.39, 0.29) is 5.97 Å². The Morgan fingerprint density at radius 3 is 2.71 bits per heavy atom. The van der Waals surface area contributed by atoms with E-state index in [1.54, 1.807) is 29.4 Å². The molecule has 0 aromatic carbocycles. The molecule has 0 unspecified atom stereocenters. The number of aromatic nitrogens is 4. The van der Waals surface area contributed by atoms with Gasteiger partial charge in [-0.05, 0) is 33.1 Å². The van der Waals surface area contributed by atoms with E-state index in [0.29, 0.717) is 18.8 Å². The van der Waals surface area contributed by atoms with Crippen molar-refractivity contribution in [1.29, 1.82) is 0 Å². The molecule has 0 aliphatic carbocycles. The molecule has 21 heavy (non-hydrogen) atoms. The van der Waals surface area contributed by atoms with E-state index >= 15 is 0 Å². The normalized spacial score (nSPS) is 10.9. The van der Waals surface area contributed by atoms with Gasteiger partial charge in [-0.1, -0.05) is 0 Å². The molecule has 2 aromatic rings. The number of rotatable bonds is 5. The first-order chi connectivity index (χ1) is 9.97. The molecule has 0 saturated carbocycles. The van der Waals surface area contributed by atoms with Gasteiger partial charge in [-0.15, -0.1) is 11.8 Å². The molecule has 2 aromatic heterocycles. The molecule has 0 spiro atoms. The SMILES string of the molecule is CCOC(=O)c1cc(C)nn1Cc1c(C)nn(C)c1SC. The average molecular weight is 308 g/mol. The van der Waals surface area contributed by atoms with Crippen molar-refractivity contribution in [2.75, 3.05) is 12.9 Å². The van der Waals surface area contributed by atoms with Crippen molar-refractivity contribution in [1.82, 2.24) is 19.6 Å². The zero-order chi connectivity index (χ0) is 15.6. The van der Waals surface area contributed by atoms with Gasteiger partial charge in [-0.3, -0.25) is 9.36 Å². The predicted octanol–water partition coefficient (Wildman–Crippen LogP) is 2.18. The maximum atomic E-state index is 12.0. The Balaban J connectivity index is 2.38. The summed E-state index contributed by atoms with van der Waals surface area (Å²) in [4.78, 5) is 12.0. The van der Waals surface area contributed by atoms with Crippen LogP contribution in [0.2, 0.25) is 0 Å². The third kappa shape index (κ3) is 3.12. The molecule has 0 aliphatic rings. The number of hydrogen-bond donors (Lipinski definition) is 0. The van der Waals surface area contributed by atoms with Crippen LogP contribution in [0.3, 0.4) is 0 Å². The van der Waals surface area contributed by atoms with Gasteiger partial charge >= 0.3 is 5.97 Å². The van der Waals surface area contributed by atoms with Gasteiger partial charge in [0, 0.05) is 12.6 Å². The highest BCUT2D eigenvalue weighted by atomic mass is 32.2. The Labute approximate surface area is 128 Å². The Morgan fingerprint density at radius 2 is 2.10 bits per heavy atom. The lowest BCUT2D eigenvalue weighted by molar-refractivity contribution is 0.0512. The van der Waals surface area contributed by atoms with Gasteiger partial charge in [0.15, 0.2) is 0 Å². The molecule has 0 aliphatic heterocycles. The first kappa shape index (κ1) is 15.6. The van der Waals surface area contributed by atoms with Crippen LogP contribution in [0.15, 0.2) is 11.1 Å². The van der Waals surface area contributed by atoms with Gasteiger partial charge in [0.1, 0.15) is 5.69 Å². The van der Waals surface area contributed by atoms with E-state index in [4.69, 9.17) is 4.74 Å². The minimum atomic E-state index is -0.342. The number of nitrogens with zero attached hydrogens (tertiary/aromatic N) is 4. The molecular formula is C14H20N4O2S. The summed E-state index contributed by atoms with van der Waals surface area (Å²) in [6.07, 6.45) is 2.01. The number of carbonyl (C=O) groups is 1. The van der Waals surface area contributed by atoms with Crippen LogP contribution in [0.1, 0.15) is 34.4 Å². The predicted molar refractivity (Wildman–Crippen MR) is 81.7 cm³/mol. The second-order valence-electron chi connectivity index (χ2n) is 4.75. The largest absolute Gasteiger partial charge is 0.461 e. The molecule has 0 atom stereocenters. The van der Waals surface area contributed by atoms with Crippen molar-refractivity contribution in [3.63, 3.8) is 0 Å². The molecule has 0 N–H and O–H groups in total. The van der Waals surface area contributed by atoms with E-state index in [1.165, 1.54) is 0 Å². The summed E-state index contributed by atoms with van der Waals surface area (Å²) in [5.74, 6) is -0.342. The second kappa shape index (κ2) is 6.34. The molecule has 0 amide bonds. The van der Waals surface area contributed by atoms with Crippen molar-refractivity contribution in [3.05, 3.63) is 28.7 Å². The Kier molecular flexibility index (Phi) is 4.72. The standard InChI is InChI=1S/C14H20N4O2S/c1-6-20-14(19)12-7-9(2)15-18(12)8-11-10(3)16-17(4)13(11)21-5/h7H,6,8H2,1-5H3. The molecule has 0 radical (unpaired) electrons. The van der Waals surface area contributed by atoms with Crippen LogP contribution in [-0.2, 0) is 18.3 Å². The van der Waals surface area contributed by atoms with Crippen LogP contribution < -0.4 is 0 Å². The first-order valence-corrected chi connectivity index (χ1v) is 7.98. The summed E-state index contributed by atoms with van der Waals surface area (Å²) in [6.45, 7) is 6.49. The lowest BCUT2D eigenvalue weighted by Crippen LogP contribution is -2.14. The highest BCUT2D eigenvalue weighted by Crippen LogP contribution is 2.24. The minimum Gasteiger partial charge on any atom is -0.461 e. The van der Waals surface area contributed by atoms with Gasteiger partial charge in [0.25, 0.3) is 0 Å². The minimum absolute atomic E-state index is 0.342. The van der Waals surface area contributed by atoms with E-state index in [0.717, 1.165) is 22.0 Å². The second-order valence-corrected chi connectivity index (χ2v) is 5.54. The monoisotopic (exact) mass is 308 g/mol. The fourth-order valence-electron chi connectivity index (χ4n) is 2.30. The quantitative estimate of drug-likeness (QED) is 0.626. The smallest absolute Gasteiger partial charge is 0.356 e. The number of ether oxygens (including phenoxy) is 1. The van der Waals surface area contributed by atoms with E-state index in [2.05, 4.69) is 10.2 Å². The summed E-state index contributed by atoms with van der Waals surface area (Å²) < 4.78 is 8.63. The molecular weight excluding hydrogens is 288 g/mol. The van der Waals surface area contributed by atoms with Crippen LogP contribution in [-0.4, -0.2) is 38.4 Å². The lowest BCUT2D eigenvalue weighted by Gasteiger charge is -2.08. The zero-order valence-electron chi connectivity index (χ0n) is 13.0. The summed E-state index contributed by atoms with van der Waals surface area (Å²) in [5.41, 5.74) is 3.30. The third-order valence-electron chi connectivity index (χ3n) is 3.18. The van der Waals surface area contributed by atoms with Crippen LogP contribution in [0.25, 0.3) is 0 Å². The van der Waals surface area contributed by atoms with Crippen LogP contribution in [0.5, 0.6) is 0 Å². The van der Waals surface area contributed by atoms with E-state index in [1.807, 2.05) is 31.8 Å². The molecule has 0 saturated heterocycles. The van der Waals surface area contributed by atoms with Gasteiger partial charge in [-0.25, -0.2) is 4.79 Å². The Hall–Kier alpha value is -1.76. The fraction of sp³-hybridized carbons (Fsp3) is 0.500. The highest BCUT2D eigenvalue weighted by Gasteiger charge is 2.19. The van der Waals surface area contributed by atoms with Crippen molar-refractivity contribution < 1.29 is 9.53 Å². The highest BCUT2D eigenvalue weighted by molar-refractivity contribution is 7.98. The number of carbonyl (C=O) groups excluding carboxylic acids is 1. The summed E-state index contributed by atoms with van der Waals surface area (Å²) in [5, 5.41) is 9.92. The molecule has 6 nitrogen and oxygen atoms in total. The van der Waals surface area contributed by atoms with Crippen molar-refractivity contribution in [2.45, 2.75) is 32.3 Å². The third-order valence-corrected chi connectivity index (χ3v) is 4.07. The van der Waals surface area contributed by atoms with Gasteiger partial charge in [0.2, 0.25) is 0 Å². The maximum absolute atomic E-state index is 12.0. The molecule has 114 valence electrons. The van der Waals surface area contributed by atoms with Crippen LogP contribution in [0.4, 0.5) is 0 Å². The summed E-state index contributed by atoms with van der Waals surface area (Å²) in [6, 6.07) is 1.75. The summed E-state index contributed by atoms with van der Waals surface area (Å²) >= 11 is 1.64. The molecule has 7 heteroatoms. The molecule has 2 heterocycles. The number of aryl methyl sites for hydroxylation is 3. The zero-order valence-corrected chi connectivity index (χ0v) is 13.8. The number of esters is 1. The van der Waals surface area contributed by atoms with Gasteiger partial charge in [-0.2, -0.15) is 10.2 Å². The van der Waals surface area contributed by atoms with E-state index < -0.39 is 0 Å². The molecule has 0 bridgehead atoms. The van der Waals surface area contributed by atoms with Crippen molar-refractivity contribution >= 4 is 17.7 Å².